The molecule has 2 aromatic rings. The summed E-state index contributed by atoms with van der Waals surface area (Å²) in [5.74, 6) is -0.258. The predicted molar refractivity (Wildman–Crippen MR) is 96.0 cm³/mol. The fourth-order valence-corrected chi connectivity index (χ4v) is 2.66. The molecule has 0 spiro atoms. The second-order valence-electron chi connectivity index (χ2n) is 6.04. The molecule has 0 saturated heterocycles. The van der Waals surface area contributed by atoms with E-state index in [-0.39, 0.29) is 17.5 Å². The number of methoxy groups -OCH3 is 1. The van der Waals surface area contributed by atoms with Gasteiger partial charge in [0.25, 0.3) is 0 Å². The number of amides is 1. The lowest BCUT2D eigenvalue weighted by atomic mass is 10.0. The van der Waals surface area contributed by atoms with Crippen LogP contribution in [0.25, 0.3) is 0 Å². The molecule has 1 atom stereocenters. The summed E-state index contributed by atoms with van der Waals surface area (Å²) in [5.41, 5.74) is 3.23. The van der Waals surface area contributed by atoms with Crippen molar-refractivity contribution < 1.29 is 19.4 Å². The molecule has 132 valence electrons. The van der Waals surface area contributed by atoms with Crippen molar-refractivity contribution in [2.75, 3.05) is 7.11 Å². The van der Waals surface area contributed by atoms with Crippen LogP contribution in [0.1, 0.15) is 46.4 Å². The topological polar surface area (TPSA) is 75.6 Å². The van der Waals surface area contributed by atoms with Crippen molar-refractivity contribution in [2.45, 2.75) is 32.7 Å². The number of aromatic carboxylic acids is 1. The third kappa shape index (κ3) is 5.08. The van der Waals surface area contributed by atoms with E-state index in [9.17, 15) is 9.59 Å². The largest absolute Gasteiger partial charge is 0.496 e. The van der Waals surface area contributed by atoms with Gasteiger partial charge in [0.2, 0.25) is 5.91 Å². The number of carboxylic acid groups (broad SMARTS) is 1. The molecule has 0 radical (unpaired) electrons. The lowest BCUT2D eigenvalue weighted by molar-refractivity contribution is -0.121. The molecule has 0 saturated carbocycles. The van der Waals surface area contributed by atoms with E-state index in [1.807, 2.05) is 32.0 Å². The molecule has 1 unspecified atom stereocenters. The Morgan fingerprint density at radius 1 is 1.16 bits per heavy atom. The molecule has 2 N–H and O–H groups in total. The minimum absolute atomic E-state index is 0.0571. The summed E-state index contributed by atoms with van der Waals surface area (Å²) in [7, 11) is 1.61. The lowest BCUT2D eigenvalue weighted by Crippen LogP contribution is -2.27. The van der Waals surface area contributed by atoms with Crippen molar-refractivity contribution in [2.24, 2.45) is 0 Å². The number of ether oxygens (including phenoxy) is 1. The van der Waals surface area contributed by atoms with Gasteiger partial charge in [0.15, 0.2) is 0 Å². The van der Waals surface area contributed by atoms with Crippen molar-refractivity contribution in [3.05, 3.63) is 64.7 Å². The van der Waals surface area contributed by atoms with Gasteiger partial charge in [0.05, 0.1) is 18.7 Å². The highest BCUT2D eigenvalue weighted by Crippen LogP contribution is 2.26. The molecule has 0 aliphatic carbocycles. The number of aryl methyl sites for hydroxylation is 2. The first-order valence-corrected chi connectivity index (χ1v) is 8.17. The van der Waals surface area contributed by atoms with E-state index >= 15 is 0 Å². The highest BCUT2D eigenvalue weighted by atomic mass is 16.5. The number of nitrogens with one attached hydrogen (secondary N) is 1. The quantitative estimate of drug-likeness (QED) is 0.808. The van der Waals surface area contributed by atoms with Crippen LogP contribution >= 0.6 is 0 Å². The molecule has 0 bridgehead atoms. The fourth-order valence-electron chi connectivity index (χ4n) is 2.66. The van der Waals surface area contributed by atoms with Crippen LogP contribution in [0.4, 0.5) is 0 Å². The fraction of sp³-hybridized carbons (Fsp3) is 0.300. The Labute approximate surface area is 147 Å². The molecule has 0 aliphatic heterocycles. The van der Waals surface area contributed by atoms with Gasteiger partial charge < -0.3 is 15.2 Å². The number of carbonyl (C=O) groups is 2. The van der Waals surface area contributed by atoms with Crippen LogP contribution in [0.3, 0.4) is 0 Å². The van der Waals surface area contributed by atoms with Gasteiger partial charge in [-0.05, 0) is 44.0 Å². The molecule has 5 nitrogen and oxygen atoms in total. The molecule has 1 amide bonds. The van der Waals surface area contributed by atoms with Crippen LogP contribution in [0.2, 0.25) is 0 Å². The van der Waals surface area contributed by atoms with Gasteiger partial charge in [0.1, 0.15) is 5.75 Å². The summed E-state index contributed by atoms with van der Waals surface area (Å²) in [6.45, 7) is 3.93. The van der Waals surface area contributed by atoms with Gasteiger partial charge >= 0.3 is 5.97 Å². The SMILES string of the molecule is COc1ccc(C)cc1C(C)NC(=O)CCc1ccc(C(=O)O)cc1. The Hall–Kier alpha value is -2.82. The maximum absolute atomic E-state index is 12.2. The normalized spacial score (nSPS) is 11.6. The Morgan fingerprint density at radius 3 is 2.44 bits per heavy atom. The van der Waals surface area contributed by atoms with Crippen LogP contribution in [0.5, 0.6) is 5.75 Å². The number of hydrogen-bond acceptors (Lipinski definition) is 3. The third-order valence-corrected chi connectivity index (χ3v) is 4.07. The molecule has 25 heavy (non-hydrogen) atoms. The lowest BCUT2D eigenvalue weighted by Gasteiger charge is -2.18. The van der Waals surface area contributed by atoms with Gasteiger partial charge in [-0.3, -0.25) is 4.79 Å². The van der Waals surface area contributed by atoms with E-state index < -0.39 is 5.97 Å². The maximum atomic E-state index is 12.2. The molecular weight excluding hydrogens is 318 g/mol. The molecule has 0 heterocycles. The second-order valence-corrected chi connectivity index (χ2v) is 6.04. The van der Waals surface area contributed by atoms with Crippen molar-refractivity contribution in [1.29, 1.82) is 0 Å². The first-order valence-electron chi connectivity index (χ1n) is 8.17. The number of carboxylic acids is 1. The van der Waals surface area contributed by atoms with Gasteiger partial charge in [0, 0.05) is 12.0 Å². The van der Waals surface area contributed by atoms with Gasteiger partial charge in [-0.2, -0.15) is 0 Å². The zero-order valence-corrected chi connectivity index (χ0v) is 14.7. The monoisotopic (exact) mass is 341 g/mol. The predicted octanol–water partition coefficient (Wildman–Crippen LogP) is 3.51. The van der Waals surface area contributed by atoms with E-state index in [0.717, 1.165) is 22.4 Å². The average Bonchev–Trinajstić information content (AvgIpc) is 2.60. The molecule has 2 aromatic carbocycles. The zero-order valence-electron chi connectivity index (χ0n) is 14.7. The molecule has 2 rings (SSSR count). The van der Waals surface area contributed by atoms with E-state index in [4.69, 9.17) is 9.84 Å². The summed E-state index contributed by atoms with van der Waals surface area (Å²) in [6.07, 6.45) is 0.897. The molecule has 0 aromatic heterocycles. The number of carbonyl (C=O) groups excluding carboxylic acids is 1. The average molecular weight is 341 g/mol. The summed E-state index contributed by atoms with van der Waals surface area (Å²) in [4.78, 5) is 23.0. The van der Waals surface area contributed by atoms with E-state index in [1.54, 1.807) is 31.4 Å². The van der Waals surface area contributed by atoms with Crippen molar-refractivity contribution in [3.8, 4) is 5.75 Å². The van der Waals surface area contributed by atoms with Gasteiger partial charge in [-0.1, -0.05) is 29.8 Å². The summed E-state index contributed by atoms with van der Waals surface area (Å²) in [6, 6.07) is 12.3. The summed E-state index contributed by atoms with van der Waals surface area (Å²) < 4.78 is 5.36. The number of hydrogen-bond donors (Lipinski definition) is 2. The second kappa shape index (κ2) is 8.33. The first kappa shape index (κ1) is 18.5. The van der Waals surface area contributed by atoms with Crippen molar-refractivity contribution >= 4 is 11.9 Å². The summed E-state index contributed by atoms with van der Waals surface area (Å²) >= 11 is 0. The summed E-state index contributed by atoms with van der Waals surface area (Å²) in [5, 5.41) is 11.9. The van der Waals surface area contributed by atoms with Crippen molar-refractivity contribution in [1.82, 2.24) is 5.32 Å². The minimum Gasteiger partial charge on any atom is -0.496 e. The molecule has 0 fully saturated rings. The van der Waals surface area contributed by atoms with Crippen LogP contribution < -0.4 is 10.1 Å². The van der Waals surface area contributed by atoms with E-state index in [2.05, 4.69) is 5.32 Å². The Bertz CT molecular complexity index is 753. The molecular formula is C20H23NO4. The maximum Gasteiger partial charge on any atom is 0.335 e. The Kier molecular flexibility index (Phi) is 6.17. The smallest absolute Gasteiger partial charge is 0.335 e. The first-order chi connectivity index (χ1) is 11.9. The molecule has 5 heteroatoms. The molecule has 0 aliphatic rings. The standard InChI is InChI=1S/C20H23NO4/c1-13-4-10-18(25-3)17(12-13)14(2)21-19(22)11-7-15-5-8-16(9-6-15)20(23)24/h4-6,8-10,12,14H,7,11H2,1-3H3,(H,21,22)(H,23,24). The van der Waals surface area contributed by atoms with Crippen LogP contribution in [0.15, 0.2) is 42.5 Å². The van der Waals surface area contributed by atoms with Gasteiger partial charge in [-0.15, -0.1) is 0 Å². The van der Waals surface area contributed by atoms with Crippen LogP contribution in [0, 0.1) is 6.92 Å². The number of rotatable bonds is 7. The highest BCUT2D eigenvalue weighted by molar-refractivity contribution is 5.87. The van der Waals surface area contributed by atoms with E-state index in [1.165, 1.54) is 0 Å². The van der Waals surface area contributed by atoms with Gasteiger partial charge in [-0.25, -0.2) is 4.79 Å². The Balaban J connectivity index is 1.93. The third-order valence-electron chi connectivity index (χ3n) is 4.07. The zero-order chi connectivity index (χ0) is 18.4. The highest BCUT2D eigenvalue weighted by Gasteiger charge is 2.14. The Morgan fingerprint density at radius 2 is 1.84 bits per heavy atom. The van der Waals surface area contributed by atoms with Crippen LogP contribution in [-0.2, 0) is 11.2 Å². The van der Waals surface area contributed by atoms with E-state index in [0.29, 0.717) is 12.8 Å². The van der Waals surface area contributed by atoms with Crippen molar-refractivity contribution in [3.63, 3.8) is 0 Å². The number of benzene rings is 2. The minimum atomic E-state index is -0.954. The van der Waals surface area contributed by atoms with Crippen LogP contribution in [-0.4, -0.2) is 24.1 Å².